The number of rotatable bonds is 5. The van der Waals surface area contributed by atoms with Gasteiger partial charge in [-0.2, -0.15) is 5.10 Å². The van der Waals surface area contributed by atoms with Gasteiger partial charge in [-0.1, -0.05) is 19.9 Å². The van der Waals surface area contributed by atoms with Crippen molar-refractivity contribution in [3.63, 3.8) is 0 Å². The van der Waals surface area contributed by atoms with Crippen molar-refractivity contribution < 1.29 is 4.79 Å². The van der Waals surface area contributed by atoms with Gasteiger partial charge in [0.15, 0.2) is 0 Å². The second kappa shape index (κ2) is 8.91. The molecule has 178 valence electrons. The Morgan fingerprint density at radius 1 is 1.15 bits per heavy atom. The average Bonchev–Trinajstić information content (AvgIpc) is 3.44. The fourth-order valence-electron chi connectivity index (χ4n) is 5.42. The number of aromatic amines is 1. The first-order chi connectivity index (χ1) is 16.3. The summed E-state index contributed by atoms with van der Waals surface area (Å²) >= 11 is 0. The third kappa shape index (κ3) is 4.11. The maximum atomic E-state index is 12.1. The molecule has 1 aliphatic heterocycles. The van der Waals surface area contributed by atoms with E-state index in [0.717, 1.165) is 37.1 Å². The van der Waals surface area contributed by atoms with Crippen LogP contribution in [0.4, 0.5) is 0 Å². The largest absolute Gasteiger partial charge is 0.354 e. The van der Waals surface area contributed by atoms with E-state index in [1.807, 2.05) is 24.8 Å². The van der Waals surface area contributed by atoms with Gasteiger partial charge in [-0.05, 0) is 86.1 Å². The maximum absolute atomic E-state index is 12.1. The van der Waals surface area contributed by atoms with Crippen LogP contribution in [0, 0.1) is 6.92 Å². The number of pyridine rings is 1. The molecule has 1 aliphatic rings. The molecular weight excluding hydrogens is 422 g/mol. The first-order valence-corrected chi connectivity index (χ1v) is 12.3. The lowest BCUT2D eigenvalue weighted by molar-refractivity contribution is -0.130. The molecule has 1 fully saturated rings. The summed E-state index contributed by atoms with van der Waals surface area (Å²) in [7, 11) is 3.66. The molecule has 1 saturated heterocycles. The molecule has 1 aromatic carbocycles. The Labute approximate surface area is 201 Å². The highest BCUT2D eigenvalue weighted by atomic mass is 16.2. The van der Waals surface area contributed by atoms with Gasteiger partial charge in [0, 0.05) is 42.5 Å². The zero-order valence-electron chi connectivity index (χ0n) is 20.9. The van der Waals surface area contributed by atoms with Gasteiger partial charge >= 0.3 is 0 Å². The molecule has 4 heterocycles. The minimum absolute atomic E-state index is 0.186. The number of fused-ring (bicyclic) bond motifs is 2. The third-order valence-corrected chi connectivity index (χ3v) is 7.32. The second-order valence-electron chi connectivity index (χ2n) is 10.3. The van der Waals surface area contributed by atoms with E-state index >= 15 is 0 Å². The number of amides is 1. The molecule has 34 heavy (non-hydrogen) atoms. The Morgan fingerprint density at radius 3 is 2.62 bits per heavy atom. The first-order valence-electron chi connectivity index (χ1n) is 12.3. The second-order valence-corrected chi connectivity index (χ2v) is 10.3. The van der Waals surface area contributed by atoms with Gasteiger partial charge < -0.3 is 9.88 Å². The molecule has 1 N–H and O–H groups in total. The van der Waals surface area contributed by atoms with E-state index in [0.29, 0.717) is 18.4 Å². The van der Waals surface area contributed by atoms with Crippen molar-refractivity contribution in [2.24, 2.45) is 0 Å². The number of carbonyl (C=O) groups excluding carboxylic acids is 1. The molecule has 4 aromatic rings. The number of piperidine rings is 1. The maximum Gasteiger partial charge on any atom is 0.236 e. The zero-order valence-corrected chi connectivity index (χ0v) is 20.9. The van der Waals surface area contributed by atoms with Crippen molar-refractivity contribution in [3.8, 4) is 11.3 Å². The van der Waals surface area contributed by atoms with Crippen LogP contribution in [-0.2, 0) is 4.79 Å². The van der Waals surface area contributed by atoms with Gasteiger partial charge in [0.2, 0.25) is 5.91 Å². The quantitative estimate of drug-likeness (QED) is 0.449. The highest BCUT2D eigenvalue weighted by molar-refractivity contribution is 5.92. The third-order valence-electron chi connectivity index (χ3n) is 7.32. The molecule has 0 radical (unpaired) electrons. The van der Waals surface area contributed by atoms with Crippen molar-refractivity contribution in [1.29, 1.82) is 0 Å². The van der Waals surface area contributed by atoms with Crippen molar-refractivity contribution in [1.82, 2.24) is 24.4 Å². The summed E-state index contributed by atoms with van der Waals surface area (Å²) in [5.41, 5.74) is 8.67. The van der Waals surface area contributed by atoms with Crippen LogP contribution in [0.5, 0.6) is 0 Å². The summed E-state index contributed by atoms with van der Waals surface area (Å²) in [5.74, 6) is 1.13. The molecule has 6 heteroatoms. The standard InChI is InChI=1S/C28H35N5O/c1-18(2)27-24-16-21(20-9-12-32(13-10-20)17-26(34)31(4)5)6-7-25(24)30-28(27)22-14-19(3)33-23(15-22)8-11-29-33/h6-8,11,14-16,18,20,30H,9-10,12-13,17H2,1-5H3. The number of carbonyl (C=O) groups is 1. The predicted octanol–water partition coefficient (Wildman–Crippen LogP) is 5.18. The number of aromatic nitrogens is 3. The molecule has 0 spiro atoms. The van der Waals surface area contributed by atoms with Crippen molar-refractivity contribution >= 4 is 22.3 Å². The van der Waals surface area contributed by atoms with Crippen LogP contribution in [-0.4, -0.2) is 64.0 Å². The molecule has 0 saturated carbocycles. The smallest absolute Gasteiger partial charge is 0.236 e. The first kappa shape index (κ1) is 22.7. The van der Waals surface area contributed by atoms with E-state index in [4.69, 9.17) is 0 Å². The van der Waals surface area contributed by atoms with Crippen LogP contribution in [0.15, 0.2) is 42.6 Å². The number of nitrogens with zero attached hydrogens (tertiary/aromatic N) is 4. The average molecular weight is 458 g/mol. The molecule has 0 atom stereocenters. The van der Waals surface area contributed by atoms with Gasteiger partial charge in [-0.15, -0.1) is 0 Å². The molecule has 3 aromatic heterocycles. The topological polar surface area (TPSA) is 56.6 Å². The van der Waals surface area contributed by atoms with E-state index in [1.165, 1.54) is 33.3 Å². The minimum Gasteiger partial charge on any atom is -0.354 e. The van der Waals surface area contributed by atoms with E-state index in [2.05, 4.69) is 72.2 Å². The molecule has 0 bridgehead atoms. The van der Waals surface area contributed by atoms with Crippen molar-refractivity contribution in [2.75, 3.05) is 33.7 Å². The fourth-order valence-corrected chi connectivity index (χ4v) is 5.42. The zero-order chi connectivity index (χ0) is 24.0. The summed E-state index contributed by atoms with van der Waals surface area (Å²) in [4.78, 5) is 19.8. The number of likely N-dealkylation sites (N-methyl/N-ethyl adjacent to an activating group) is 1. The lowest BCUT2D eigenvalue weighted by atomic mass is 9.87. The number of hydrogen-bond donors (Lipinski definition) is 1. The Bertz CT molecular complexity index is 1340. The van der Waals surface area contributed by atoms with Gasteiger partial charge in [-0.3, -0.25) is 9.69 Å². The Morgan fingerprint density at radius 2 is 1.91 bits per heavy atom. The van der Waals surface area contributed by atoms with Crippen LogP contribution < -0.4 is 0 Å². The summed E-state index contributed by atoms with van der Waals surface area (Å²) in [5, 5.41) is 5.76. The van der Waals surface area contributed by atoms with Crippen LogP contribution in [0.2, 0.25) is 0 Å². The number of benzene rings is 1. The summed E-state index contributed by atoms with van der Waals surface area (Å²) in [6.45, 7) is 9.15. The van der Waals surface area contributed by atoms with E-state index in [9.17, 15) is 4.79 Å². The number of H-pyrrole nitrogens is 1. The van der Waals surface area contributed by atoms with Crippen LogP contribution in [0.25, 0.3) is 27.7 Å². The Hall–Kier alpha value is -3.12. The van der Waals surface area contributed by atoms with E-state index in [1.54, 1.807) is 4.90 Å². The lowest BCUT2D eigenvalue weighted by Crippen LogP contribution is -2.40. The predicted molar refractivity (Wildman–Crippen MR) is 138 cm³/mol. The molecule has 1 amide bonds. The molecule has 0 unspecified atom stereocenters. The number of nitrogens with one attached hydrogen (secondary N) is 1. The summed E-state index contributed by atoms with van der Waals surface area (Å²) < 4.78 is 1.98. The lowest BCUT2D eigenvalue weighted by Gasteiger charge is -2.32. The van der Waals surface area contributed by atoms with E-state index in [-0.39, 0.29) is 5.91 Å². The SMILES string of the molecule is Cc1cc(-c2[nH]c3ccc(C4CCN(CC(=O)N(C)C)CC4)cc3c2C(C)C)cc2ccnn12. The Kier molecular flexibility index (Phi) is 5.94. The van der Waals surface area contributed by atoms with Gasteiger partial charge in [-0.25, -0.2) is 4.52 Å². The van der Waals surface area contributed by atoms with Gasteiger partial charge in [0.25, 0.3) is 0 Å². The normalized spacial score (nSPS) is 15.6. The molecule has 6 nitrogen and oxygen atoms in total. The summed E-state index contributed by atoms with van der Waals surface area (Å²) in [6, 6.07) is 13.5. The number of aryl methyl sites for hydroxylation is 1. The summed E-state index contributed by atoms with van der Waals surface area (Å²) in [6.07, 6.45) is 4.05. The number of likely N-dealkylation sites (tertiary alicyclic amines) is 1. The Balaban J connectivity index is 1.45. The highest BCUT2D eigenvalue weighted by Crippen LogP contribution is 2.38. The van der Waals surface area contributed by atoms with Gasteiger partial charge in [0.05, 0.1) is 17.8 Å². The monoisotopic (exact) mass is 457 g/mol. The van der Waals surface area contributed by atoms with Crippen molar-refractivity contribution in [2.45, 2.75) is 45.4 Å². The van der Waals surface area contributed by atoms with Gasteiger partial charge in [0.1, 0.15) is 0 Å². The van der Waals surface area contributed by atoms with Crippen molar-refractivity contribution in [3.05, 3.63) is 59.4 Å². The molecule has 5 rings (SSSR count). The molecular formula is C28H35N5O. The van der Waals surface area contributed by atoms with Crippen LogP contribution in [0.3, 0.4) is 0 Å². The minimum atomic E-state index is 0.186. The van der Waals surface area contributed by atoms with Crippen LogP contribution >= 0.6 is 0 Å². The molecule has 0 aliphatic carbocycles. The van der Waals surface area contributed by atoms with E-state index < -0.39 is 0 Å². The number of hydrogen-bond acceptors (Lipinski definition) is 3. The van der Waals surface area contributed by atoms with Crippen LogP contribution in [0.1, 0.15) is 55.3 Å². The highest BCUT2D eigenvalue weighted by Gasteiger charge is 2.24. The fraction of sp³-hybridized carbons (Fsp3) is 0.429.